The summed E-state index contributed by atoms with van der Waals surface area (Å²) in [6.45, 7) is 18.2. The summed E-state index contributed by atoms with van der Waals surface area (Å²) in [5.41, 5.74) is 12.5. The van der Waals surface area contributed by atoms with E-state index < -0.39 is 11.9 Å². The first-order valence-electron chi connectivity index (χ1n) is 18.4. The topological polar surface area (TPSA) is 116 Å². The van der Waals surface area contributed by atoms with E-state index in [1.54, 1.807) is 30.8 Å². The number of aromatic nitrogens is 1. The number of hydrogen-bond acceptors (Lipinski definition) is 9. The van der Waals surface area contributed by atoms with Crippen LogP contribution in [0.5, 0.6) is 0 Å². The Bertz CT molecular complexity index is 2590. The summed E-state index contributed by atoms with van der Waals surface area (Å²) in [6.07, 6.45) is 0. The van der Waals surface area contributed by atoms with Crippen molar-refractivity contribution in [3.63, 3.8) is 0 Å². The highest BCUT2D eigenvalue weighted by Gasteiger charge is 2.18. The van der Waals surface area contributed by atoms with Gasteiger partial charge in [0.2, 0.25) is 5.78 Å². The monoisotopic (exact) mass is 781 g/mol. The van der Waals surface area contributed by atoms with Crippen molar-refractivity contribution in [2.24, 2.45) is 17.4 Å². The maximum Gasteiger partial charge on any atom is 0.331 e. The number of oxime groups is 2. The Morgan fingerprint density at radius 3 is 1.54 bits per heavy atom. The van der Waals surface area contributed by atoms with Crippen LogP contribution in [0.3, 0.4) is 0 Å². The summed E-state index contributed by atoms with van der Waals surface area (Å²) in [4.78, 5) is 59.1. The quantitative estimate of drug-likeness (QED) is 0.0620. The van der Waals surface area contributed by atoms with E-state index in [0.717, 1.165) is 54.5 Å². The van der Waals surface area contributed by atoms with Gasteiger partial charge in [0, 0.05) is 69.2 Å². The number of hydrogen-bond donors (Lipinski definition) is 0. The molecule has 1 aromatic heterocycles. The predicted octanol–water partition coefficient (Wildman–Crippen LogP) is 10.7. The number of benzene rings is 5. The number of carbonyl (C=O) groups is 4. The van der Waals surface area contributed by atoms with Gasteiger partial charge in [-0.2, -0.15) is 0 Å². The summed E-state index contributed by atoms with van der Waals surface area (Å²) in [5.74, 6) is -1.24. The molecule has 0 aliphatic rings. The Labute approximate surface area is 337 Å². The SMILES string of the molecule is CC(=O)O/N=C(/C)C(=O)c1ccc(Sc2c(C)cc(C)cc2C)cc1.CC(=O)O/N=C(\C)c1ccc2c(c1)c1cc(C(=O)c3c(C)cc(C)cc3C)ccc1n2C. The van der Waals surface area contributed by atoms with Crippen molar-refractivity contribution in [2.45, 2.75) is 79.0 Å². The number of Topliss-reactive ketones (excluding diaryl/α,β-unsaturated/α-hetero) is 1. The fourth-order valence-electron chi connectivity index (χ4n) is 6.96. The molecule has 0 N–H and O–H groups in total. The van der Waals surface area contributed by atoms with E-state index in [9.17, 15) is 19.2 Å². The number of nitrogens with zero attached hydrogens (tertiary/aromatic N) is 3. The van der Waals surface area contributed by atoms with Gasteiger partial charge in [0.15, 0.2) is 5.78 Å². The minimum atomic E-state index is -0.553. The lowest BCUT2D eigenvalue weighted by Crippen LogP contribution is -2.11. The van der Waals surface area contributed by atoms with Crippen LogP contribution in [0.2, 0.25) is 0 Å². The second-order valence-electron chi connectivity index (χ2n) is 14.3. The van der Waals surface area contributed by atoms with Gasteiger partial charge in [-0.15, -0.1) is 0 Å². The molecule has 6 aromatic rings. The molecule has 0 unspecified atom stereocenters. The van der Waals surface area contributed by atoms with E-state index >= 15 is 0 Å². The van der Waals surface area contributed by atoms with E-state index in [4.69, 9.17) is 4.84 Å². The molecule has 0 aliphatic heterocycles. The largest absolute Gasteiger partial charge is 0.344 e. The van der Waals surface area contributed by atoms with Crippen molar-refractivity contribution in [2.75, 3.05) is 0 Å². The summed E-state index contributed by atoms with van der Waals surface area (Å²) < 4.78 is 2.11. The van der Waals surface area contributed by atoms with E-state index in [-0.39, 0.29) is 17.3 Å². The minimum absolute atomic E-state index is 0.0302. The van der Waals surface area contributed by atoms with Crippen molar-refractivity contribution < 1.29 is 28.9 Å². The highest BCUT2D eigenvalue weighted by Crippen LogP contribution is 2.34. The number of rotatable bonds is 9. The van der Waals surface area contributed by atoms with E-state index in [2.05, 4.69) is 52.6 Å². The molecule has 292 valence electrons. The van der Waals surface area contributed by atoms with Crippen molar-refractivity contribution in [3.8, 4) is 0 Å². The van der Waals surface area contributed by atoms with Gasteiger partial charge in [-0.05, 0) is 138 Å². The second-order valence-corrected chi connectivity index (χ2v) is 15.4. The Kier molecular flexibility index (Phi) is 13.1. The number of aryl methyl sites for hydroxylation is 7. The van der Waals surface area contributed by atoms with Crippen LogP contribution in [-0.4, -0.2) is 39.5 Å². The molecule has 10 heteroatoms. The second kappa shape index (κ2) is 17.8. The molecule has 0 atom stereocenters. The lowest BCUT2D eigenvalue weighted by Gasteiger charge is -2.11. The molecule has 6 rings (SSSR count). The summed E-state index contributed by atoms with van der Waals surface area (Å²) in [7, 11) is 2.01. The average molecular weight is 782 g/mol. The lowest BCUT2D eigenvalue weighted by atomic mass is 9.92. The van der Waals surface area contributed by atoms with Gasteiger partial charge < -0.3 is 14.2 Å². The van der Waals surface area contributed by atoms with E-state index in [1.165, 1.54) is 42.4 Å². The van der Waals surface area contributed by atoms with Gasteiger partial charge >= 0.3 is 11.9 Å². The summed E-state index contributed by atoms with van der Waals surface area (Å²) in [5, 5.41) is 9.46. The maximum atomic E-state index is 13.4. The molecule has 0 saturated carbocycles. The fraction of sp³-hybridized carbons (Fsp3) is 0.234. The Hall–Kier alpha value is -6.13. The predicted molar refractivity (Wildman–Crippen MR) is 229 cm³/mol. The van der Waals surface area contributed by atoms with Crippen LogP contribution in [0, 0.1) is 41.5 Å². The van der Waals surface area contributed by atoms with Gasteiger partial charge in [-0.1, -0.05) is 63.5 Å². The molecule has 0 saturated heterocycles. The first kappa shape index (κ1) is 42.0. The first-order chi connectivity index (χ1) is 26.9. The van der Waals surface area contributed by atoms with Gasteiger partial charge in [0.25, 0.3) is 0 Å². The van der Waals surface area contributed by atoms with Crippen LogP contribution in [-0.2, 0) is 26.3 Å². The van der Waals surface area contributed by atoms with Crippen LogP contribution in [0.1, 0.15) is 92.9 Å². The molecule has 9 nitrogen and oxygen atoms in total. The Morgan fingerprint density at radius 2 is 1.02 bits per heavy atom. The van der Waals surface area contributed by atoms with Gasteiger partial charge in [0.05, 0.1) is 5.71 Å². The van der Waals surface area contributed by atoms with Crippen LogP contribution in [0.25, 0.3) is 21.8 Å². The van der Waals surface area contributed by atoms with Gasteiger partial charge in [-0.25, -0.2) is 9.59 Å². The third kappa shape index (κ3) is 9.82. The maximum absolute atomic E-state index is 13.4. The van der Waals surface area contributed by atoms with Crippen LogP contribution >= 0.6 is 11.8 Å². The summed E-state index contributed by atoms with van der Waals surface area (Å²) in [6, 6.07) is 27.7. The normalized spacial score (nSPS) is 11.6. The lowest BCUT2D eigenvalue weighted by molar-refractivity contribution is -0.141. The van der Waals surface area contributed by atoms with Crippen molar-refractivity contribution in [1.82, 2.24) is 4.57 Å². The Morgan fingerprint density at radius 1 is 0.561 bits per heavy atom. The molecule has 1 heterocycles. The number of ketones is 2. The standard InChI is InChI=1S/C27H26N2O3.C20H21NO3S/c1-15-11-16(2)26(17(3)12-15)27(31)21-8-10-25-23(14-21)22-13-20(7-9-24(22)29(25)6)18(4)28-32-19(5)30;1-12-10-13(2)20(14(3)11-12)25-18-8-6-17(7-9-18)19(23)15(4)21-24-16(5)22/h7-14H,1-6H3;6-11H,1-5H3/b28-18+;21-15-. The molecular formula is C47H47N3O6S. The Balaban J connectivity index is 0.000000225. The molecule has 5 aromatic carbocycles. The van der Waals surface area contributed by atoms with Crippen molar-refractivity contribution in [3.05, 3.63) is 141 Å². The molecule has 0 fully saturated rings. The smallest absolute Gasteiger partial charge is 0.331 e. The molecule has 0 spiro atoms. The first-order valence-corrected chi connectivity index (χ1v) is 19.3. The zero-order valence-corrected chi connectivity index (χ0v) is 35.1. The molecule has 0 radical (unpaired) electrons. The molecular weight excluding hydrogens is 735 g/mol. The van der Waals surface area contributed by atoms with Crippen molar-refractivity contribution in [1.29, 1.82) is 0 Å². The highest BCUT2D eigenvalue weighted by atomic mass is 32.2. The third-order valence-corrected chi connectivity index (χ3v) is 10.8. The highest BCUT2D eigenvalue weighted by molar-refractivity contribution is 7.99. The van der Waals surface area contributed by atoms with Gasteiger partial charge in [-0.3, -0.25) is 9.59 Å². The van der Waals surface area contributed by atoms with Crippen LogP contribution in [0.15, 0.2) is 105 Å². The van der Waals surface area contributed by atoms with Crippen LogP contribution in [0.4, 0.5) is 0 Å². The third-order valence-electron chi connectivity index (χ3n) is 9.48. The zero-order valence-electron chi connectivity index (χ0n) is 34.3. The van der Waals surface area contributed by atoms with Crippen LogP contribution < -0.4 is 0 Å². The van der Waals surface area contributed by atoms with Gasteiger partial charge in [0.1, 0.15) is 5.71 Å². The van der Waals surface area contributed by atoms with E-state index in [1.807, 2.05) is 88.5 Å². The zero-order chi connectivity index (χ0) is 41.7. The molecule has 0 aliphatic carbocycles. The fourth-order valence-corrected chi connectivity index (χ4v) is 7.90. The molecule has 57 heavy (non-hydrogen) atoms. The van der Waals surface area contributed by atoms with E-state index in [0.29, 0.717) is 16.8 Å². The summed E-state index contributed by atoms with van der Waals surface area (Å²) >= 11 is 1.68. The molecule has 0 bridgehead atoms. The molecule has 0 amide bonds. The van der Waals surface area contributed by atoms with Crippen molar-refractivity contribution >= 4 is 68.5 Å². The average Bonchev–Trinajstić information content (AvgIpc) is 3.44. The number of fused-ring (bicyclic) bond motifs is 3. The minimum Gasteiger partial charge on any atom is -0.344 e. The number of carbonyl (C=O) groups excluding carboxylic acids is 4.